The molecule has 1 N–H and O–H groups in total. The fraction of sp³-hybridized carbons (Fsp3) is 0.286. The highest BCUT2D eigenvalue weighted by Crippen LogP contribution is 2.31. The molecule has 0 aliphatic carbocycles. The van der Waals surface area contributed by atoms with Gasteiger partial charge in [-0.05, 0) is 50.2 Å². The molecule has 1 atom stereocenters. The van der Waals surface area contributed by atoms with Crippen LogP contribution in [-0.2, 0) is 0 Å². The fourth-order valence-corrected chi connectivity index (χ4v) is 2.69. The Kier molecular flexibility index (Phi) is 3.60. The third-order valence-corrected chi connectivity index (χ3v) is 4.26. The summed E-state index contributed by atoms with van der Waals surface area (Å²) in [4.78, 5) is 2.38. The van der Waals surface area contributed by atoms with Crippen LogP contribution in [0.3, 0.4) is 0 Å². The van der Waals surface area contributed by atoms with Gasteiger partial charge in [0.05, 0.1) is 0 Å². The Balaban J connectivity index is 2.33. The van der Waals surface area contributed by atoms with Crippen LogP contribution in [-0.4, -0.2) is 7.05 Å². The van der Waals surface area contributed by atoms with E-state index < -0.39 is 0 Å². The van der Waals surface area contributed by atoms with E-state index in [-0.39, 0.29) is 5.82 Å². The second-order valence-electron chi connectivity index (χ2n) is 4.18. The molecule has 0 saturated heterocycles. The number of halogens is 1. The molecule has 0 radical (unpaired) electrons. The van der Waals surface area contributed by atoms with Crippen molar-refractivity contribution in [3.05, 3.63) is 46.6 Å². The molecule has 0 saturated carbocycles. The Morgan fingerprint density at radius 3 is 2.65 bits per heavy atom. The lowest BCUT2D eigenvalue weighted by Gasteiger charge is -2.06. The molecule has 0 aliphatic heterocycles. The summed E-state index contributed by atoms with van der Waals surface area (Å²) in [7, 11) is 1.94. The zero-order valence-corrected chi connectivity index (χ0v) is 11.1. The van der Waals surface area contributed by atoms with Gasteiger partial charge in [0, 0.05) is 15.8 Å². The van der Waals surface area contributed by atoms with Crippen molar-refractivity contribution in [3.63, 3.8) is 0 Å². The van der Waals surface area contributed by atoms with Crippen LogP contribution in [0.25, 0.3) is 10.4 Å². The second-order valence-corrected chi connectivity index (χ2v) is 5.29. The number of hydrogen-bond acceptors (Lipinski definition) is 2. The van der Waals surface area contributed by atoms with Gasteiger partial charge < -0.3 is 5.32 Å². The van der Waals surface area contributed by atoms with Gasteiger partial charge in [-0.15, -0.1) is 11.3 Å². The standard InChI is InChI=1S/C14H16FNS/c1-9-4-5-11(8-12(9)15)14-7-6-13(17-14)10(2)16-3/h4-8,10,16H,1-3H3. The number of benzene rings is 1. The summed E-state index contributed by atoms with van der Waals surface area (Å²) in [5.74, 6) is -0.140. The molecule has 0 fully saturated rings. The van der Waals surface area contributed by atoms with E-state index in [1.165, 1.54) is 4.88 Å². The summed E-state index contributed by atoms with van der Waals surface area (Å²) in [6.45, 7) is 3.90. The Hall–Kier alpha value is -1.19. The first-order valence-electron chi connectivity index (χ1n) is 5.65. The average molecular weight is 249 g/mol. The largest absolute Gasteiger partial charge is 0.313 e. The number of rotatable bonds is 3. The van der Waals surface area contributed by atoms with Gasteiger partial charge in [-0.25, -0.2) is 4.39 Å². The first-order valence-corrected chi connectivity index (χ1v) is 6.47. The summed E-state index contributed by atoms with van der Waals surface area (Å²) in [6, 6.07) is 9.89. The minimum absolute atomic E-state index is 0.140. The summed E-state index contributed by atoms with van der Waals surface area (Å²) >= 11 is 1.70. The minimum Gasteiger partial charge on any atom is -0.313 e. The molecule has 1 aromatic carbocycles. The zero-order chi connectivity index (χ0) is 12.4. The van der Waals surface area contributed by atoms with Gasteiger partial charge in [0.15, 0.2) is 0 Å². The Labute approximate surface area is 105 Å². The van der Waals surface area contributed by atoms with Crippen LogP contribution in [0.4, 0.5) is 4.39 Å². The lowest BCUT2D eigenvalue weighted by molar-refractivity contribution is 0.619. The van der Waals surface area contributed by atoms with Gasteiger partial charge in [0.25, 0.3) is 0 Å². The van der Waals surface area contributed by atoms with Crippen LogP contribution >= 0.6 is 11.3 Å². The van der Waals surface area contributed by atoms with Crippen molar-refractivity contribution < 1.29 is 4.39 Å². The van der Waals surface area contributed by atoms with E-state index in [1.807, 2.05) is 19.2 Å². The smallest absolute Gasteiger partial charge is 0.126 e. The maximum Gasteiger partial charge on any atom is 0.126 e. The monoisotopic (exact) mass is 249 g/mol. The summed E-state index contributed by atoms with van der Waals surface area (Å²) < 4.78 is 13.5. The molecule has 0 aliphatic rings. The summed E-state index contributed by atoms with van der Waals surface area (Å²) in [6.07, 6.45) is 0. The highest BCUT2D eigenvalue weighted by atomic mass is 32.1. The number of thiophene rings is 1. The predicted molar refractivity (Wildman–Crippen MR) is 71.9 cm³/mol. The maximum absolute atomic E-state index is 13.5. The Morgan fingerprint density at radius 2 is 2.00 bits per heavy atom. The molecular weight excluding hydrogens is 233 g/mol. The predicted octanol–water partition coefficient (Wildman–Crippen LogP) is 4.14. The molecule has 0 amide bonds. The van der Waals surface area contributed by atoms with Gasteiger partial charge in [-0.3, -0.25) is 0 Å². The van der Waals surface area contributed by atoms with Gasteiger partial charge in [-0.2, -0.15) is 0 Å². The van der Waals surface area contributed by atoms with Crippen molar-refractivity contribution in [2.45, 2.75) is 19.9 Å². The van der Waals surface area contributed by atoms with E-state index in [4.69, 9.17) is 0 Å². The molecule has 0 bridgehead atoms. The molecule has 1 aromatic heterocycles. The van der Waals surface area contributed by atoms with Crippen molar-refractivity contribution in [1.29, 1.82) is 0 Å². The first kappa shape index (κ1) is 12.3. The quantitative estimate of drug-likeness (QED) is 0.862. The minimum atomic E-state index is -0.140. The summed E-state index contributed by atoms with van der Waals surface area (Å²) in [5, 5.41) is 3.20. The first-order chi connectivity index (χ1) is 8.11. The lowest BCUT2D eigenvalue weighted by Crippen LogP contribution is -2.10. The highest BCUT2D eigenvalue weighted by Gasteiger charge is 2.08. The molecule has 17 heavy (non-hydrogen) atoms. The van der Waals surface area contributed by atoms with Crippen molar-refractivity contribution in [2.24, 2.45) is 0 Å². The van der Waals surface area contributed by atoms with Crippen LogP contribution in [0.1, 0.15) is 23.4 Å². The third kappa shape index (κ3) is 2.56. The lowest BCUT2D eigenvalue weighted by atomic mass is 10.1. The van der Waals surface area contributed by atoms with Crippen LogP contribution in [0, 0.1) is 12.7 Å². The molecular formula is C14H16FNS. The molecule has 1 unspecified atom stereocenters. The second kappa shape index (κ2) is 4.98. The Bertz CT molecular complexity index is 519. The van der Waals surface area contributed by atoms with Gasteiger partial charge in [0.2, 0.25) is 0 Å². The number of nitrogens with one attached hydrogen (secondary N) is 1. The van der Waals surface area contributed by atoms with Crippen molar-refractivity contribution in [3.8, 4) is 10.4 Å². The van der Waals surface area contributed by atoms with Gasteiger partial charge in [0.1, 0.15) is 5.82 Å². The average Bonchev–Trinajstić information content (AvgIpc) is 2.81. The molecule has 2 rings (SSSR count). The van der Waals surface area contributed by atoms with E-state index in [1.54, 1.807) is 24.3 Å². The molecule has 2 aromatic rings. The van der Waals surface area contributed by atoms with Gasteiger partial charge in [-0.1, -0.05) is 12.1 Å². The van der Waals surface area contributed by atoms with Crippen LogP contribution in [0.2, 0.25) is 0 Å². The maximum atomic E-state index is 13.5. The van der Waals surface area contributed by atoms with E-state index in [0.29, 0.717) is 11.6 Å². The Morgan fingerprint density at radius 1 is 1.24 bits per heavy atom. The topological polar surface area (TPSA) is 12.0 Å². The van der Waals surface area contributed by atoms with Crippen LogP contribution < -0.4 is 5.32 Å². The molecule has 1 heterocycles. The zero-order valence-electron chi connectivity index (χ0n) is 10.3. The van der Waals surface area contributed by atoms with E-state index in [2.05, 4.69) is 24.4 Å². The molecule has 0 spiro atoms. The third-order valence-electron chi connectivity index (χ3n) is 2.94. The molecule has 3 heteroatoms. The van der Waals surface area contributed by atoms with E-state index in [9.17, 15) is 4.39 Å². The van der Waals surface area contributed by atoms with E-state index >= 15 is 0 Å². The number of hydrogen-bond donors (Lipinski definition) is 1. The molecule has 90 valence electrons. The van der Waals surface area contributed by atoms with E-state index in [0.717, 1.165) is 10.4 Å². The normalized spacial score (nSPS) is 12.7. The van der Waals surface area contributed by atoms with Crippen molar-refractivity contribution in [1.82, 2.24) is 5.32 Å². The number of aryl methyl sites for hydroxylation is 1. The van der Waals surface area contributed by atoms with Crippen LogP contribution in [0.15, 0.2) is 30.3 Å². The molecule has 1 nitrogen and oxygen atoms in total. The van der Waals surface area contributed by atoms with Crippen molar-refractivity contribution in [2.75, 3.05) is 7.05 Å². The van der Waals surface area contributed by atoms with Crippen LogP contribution in [0.5, 0.6) is 0 Å². The van der Waals surface area contributed by atoms with Gasteiger partial charge >= 0.3 is 0 Å². The summed E-state index contributed by atoms with van der Waals surface area (Å²) in [5.41, 5.74) is 1.64. The fourth-order valence-electron chi connectivity index (χ4n) is 1.63. The highest BCUT2D eigenvalue weighted by molar-refractivity contribution is 7.15. The SMILES string of the molecule is CNC(C)c1ccc(-c2ccc(C)c(F)c2)s1. The van der Waals surface area contributed by atoms with Crippen molar-refractivity contribution >= 4 is 11.3 Å².